The molecule has 5 aromatic rings. The van der Waals surface area contributed by atoms with Gasteiger partial charge < -0.3 is 4.84 Å². The quantitative estimate of drug-likeness (QED) is 0.0594. The minimum Gasteiger partial charge on any atom is -0.318 e. The molecule has 0 amide bonds. The number of carbonyl (C=O) groups is 3. The van der Waals surface area contributed by atoms with E-state index in [0.29, 0.717) is 38.3 Å². The van der Waals surface area contributed by atoms with Crippen molar-refractivity contribution in [3.8, 4) is 0 Å². The van der Waals surface area contributed by atoms with Crippen molar-refractivity contribution < 1.29 is 23.6 Å². The zero-order valence-electron chi connectivity index (χ0n) is 23.5. The van der Waals surface area contributed by atoms with Crippen molar-refractivity contribution in [2.45, 2.75) is 34.7 Å². The van der Waals surface area contributed by atoms with Crippen molar-refractivity contribution in [1.29, 1.82) is 0 Å². The molecule has 0 N–H and O–H groups in total. The first kappa shape index (κ1) is 29.2. The molecule has 6 nitrogen and oxygen atoms in total. The number of hydrogen-bond donors (Lipinski definition) is 0. The van der Waals surface area contributed by atoms with Gasteiger partial charge in [0, 0.05) is 24.6 Å². The molecule has 1 aliphatic heterocycles. The number of halogens is 1. The third-order valence-electron chi connectivity index (χ3n) is 7.44. The summed E-state index contributed by atoms with van der Waals surface area (Å²) in [6.45, 7) is 4.05. The molecule has 2 heterocycles. The van der Waals surface area contributed by atoms with E-state index in [-0.39, 0.29) is 31.1 Å². The van der Waals surface area contributed by atoms with Gasteiger partial charge in [-0.25, -0.2) is 4.79 Å². The molecular weight excluding hydrogens is 677 g/mol. The summed E-state index contributed by atoms with van der Waals surface area (Å²) in [5.74, 6) is -1.65. The van der Waals surface area contributed by atoms with E-state index < -0.39 is 17.6 Å². The van der Waals surface area contributed by atoms with Crippen molar-refractivity contribution in [3.05, 3.63) is 119 Å². The SMILES string of the molecule is CCn1c2ccc(C(=O)c3ccc(C(=O)C4C[Se]C[Se]4)cc3F)cc2c2cc(/C(=N/OC(C)=O)c3ccccc3)ccc21. The normalized spacial score (nSPS) is 15.2. The molecule has 0 aliphatic carbocycles. The van der Waals surface area contributed by atoms with Crippen molar-refractivity contribution in [2.24, 2.45) is 5.16 Å². The van der Waals surface area contributed by atoms with Crippen LogP contribution in [0.25, 0.3) is 21.8 Å². The van der Waals surface area contributed by atoms with E-state index >= 15 is 4.39 Å². The van der Waals surface area contributed by atoms with Crippen LogP contribution in [-0.4, -0.2) is 57.7 Å². The average molecular weight is 705 g/mol. The van der Waals surface area contributed by atoms with Gasteiger partial charge in [0.15, 0.2) is 0 Å². The van der Waals surface area contributed by atoms with E-state index in [4.69, 9.17) is 4.84 Å². The van der Waals surface area contributed by atoms with Gasteiger partial charge >= 0.3 is 167 Å². The summed E-state index contributed by atoms with van der Waals surface area (Å²) in [7, 11) is 0. The minimum absolute atomic E-state index is 0.00557. The molecule has 4 aromatic carbocycles. The second kappa shape index (κ2) is 12.4. The molecule has 0 saturated carbocycles. The molecule has 0 spiro atoms. The first-order valence-corrected chi connectivity index (χ1v) is 18.4. The molecule has 0 radical (unpaired) electrons. The van der Waals surface area contributed by atoms with E-state index in [1.165, 1.54) is 19.1 Å². The van der Waals surface area contributed by atoms with Gasteiger partial charge in [0.1, 0.15) is 5.71 Å². The Hall–Kier alpha value is -3.87. The standard InChI is InChI=1S/C34H27FN2O4Se2/c1-3-37-29-13-10-22(32(36-41-20(2)38)21-7-5-4-6-8-21)15-26(29)27-16-23(11-14-30(27)37)33(39)25-12-9-24(17-28(25)35)34(40)31-18-42-19-43-31/h4-17,31H,3,18-19H2,1-2H3/b36-32+. The molecule has 216 valence electrons. The topological polar surface area (TPSA) is 77.7 Å². The average Bonchev–Trinajstić information content (AvgIpc) is 3.67. The predicted octanol–water partition coefficient (Wildman–Crippen LogP) is 6.69. The first-order chi connectivity index (χ1) is 20.9. The van der Waals surface area contributed by atoms with Crippen LogP contribution in [-0.2, 0) is 16.2 Å². The van der Waals surface area contributed by atoms with Crippen molar-refractivity contribution >= 4 is 75.0 Å². The maximum atomic E-state index is 15.3. The number of benzene rings is 4. The fourth-order valence-corrected chi connectivity index (χ4v) is 13.7. The van der Waals surface area contributed by atoms with Crippen LogP contribution < -0.4 is 0 Å². The number of rotatable bonds is 8. The van der Waals surface area contributed by atoms with Gasteiger partial charge in [-0.05, 0) is 13.0 Å². The summed E-state index contributed by atoms with van der Waals surface area (Å²) in [6, 6.07) is 25.0. The van der Waals surface area contributed by atoms with Gasteiger partial charge in [-0.1, -0.05) is 41.6 Å². The van der Waals surface area contributed by atoms with E-state index in [1.807, 2.05) is 54.6 Å². The van der Waals surface area contributed by atoms with Gasteiger partial charge in [0.05, 0.1) is 0 Å². The molecule has 1 atom stereocenters. The van der Waals surface area contributed by atoms with Crippen LogP contribution in [0.3, 0.4) is 0 Å². The minimum atomic E-state index is -0.681. The molecular formula is C34H27FN2O4Se2. The number of aryl methyl sites for hydroxylation is 1. The van der Waals surface area contributed by atoms with Crippen LogP contribution in [0.15, 0.2) is 90.1 Å². The van der Waals surface area contributed by atoms with Crippen LogP contribution >= 0.6 is 0 Å². The fourth-order valence-electron chi connectivity index (χ4n) is 5.39. The summed E-state index contributed by atoms with van der Waals surface area (Å²) in [4.78, 5) is 43.1. The summed E-state index contributed by atoms with van der Waals surface area (Å²) >= 11 is 0.788. The number of carbonyl (C=O) groups excluding carboxylic acids is 3. The van der Waals surface area contributed by atoms with Gasteiger partial charge in [-0.2, -0.15) is 0 Å². The van der Waals surface area contributed by atoms with Crippen molar-refractivity contribution in [3.63, 3.8) is 0 Å². The number of ketones is 2. The van der Waals surface area contributed by atoms with Gasteiger partial charge in [0.25, 0.3) is 0 Å². The van der Waals surface area contributed by atoms with Gasteiger partial charge in [-0.3, -0.25) is 0 Å². The second-order valence-corrected chi connectivity index (χ2v) is 16.6. The molecule has 1 unspecified atom stereocenters. The predicted molar refractivity (Wildman–Crippen MR) is 168 cm³/mol. The maximum absolute atomic E-state index is 15.3. The van der Waals surface area contributed by atoms with E-state index in [2.05, 4.69) is 16.6 Å². The number of nitrogens with zero attached hydrogens (tertiary/aromatic N) is 2. The molecule has 43 heavy (non-hydrogen) atoms. The summed E-state index contributed by atoms with van der Waals surface area (Å²) in [6.07, 6.45) is 0. The monoisotopic (exact) mass is 706 g/mol. The molecule has 1 aromatic heterocycles. The van der Waals surface area contributed by atoms with Crippen LogP contribution in [0, 0.1) is 5.82 Å². The van der Waals surface area contributed by atoms with Crippen LogP contribution in [0.2, 0.25) is 14.4 Å². The molecule has 6 rings (SSSR count). The van der Waals surface area contributed by atoms with Crippen LogP contribution in [0.1, 0.15) is 51.3 Å². The summed E-state index contributed by atoms with van der Waals surface area (Å²) < 4.78 is 18.6. The molecule has 1 fully saturated rings. The molecule has 1 saturated heterocycles. The number of oxime groups is 1. The number of aromatic nitrogens is 1. The first-order valence-electron chi connectivity index (χ1n) is 13.8. The zero-order chi connectivity index (χ0) is 30.1. The number of Topliss-reactive ketones (excluding diaryl/α,β-unsaturated/α-hetero) is 1. The van der Waals surface area contributed by atoms with Crippen LogP contribution in [0.4, 0.5) is 4.39 Å². The second-order valence-electron chi connectivity index (χ2n) is 10.1. The van der Waals surface area contributed by atoms with E-state index in [9.17, 15) is 14.4 Å². The Morgan fingerprint density at radius 3 is 2.19 bits per heavy atom. The van der Waals surface area contributed by atoms with Crippen molar-refractivity contribution in [2.75, 3.05) is 0 Å². The third kappa shape index (κ3) is 5.74. The Morgan fingerprint density at radius 1 is 0.884 bits per heavy atom. The third-order valence-corrected chi connectivity index (χ3v) is 15.3. The Kier molecular flexibility index (Phi) is 8.42. The summed E-state index contributed by atoms with van der Waals surface area (Å²) in [5.41, 5.74) is 4.56. The Morgan fingerprint density at radius 2 is 1.56 bits per heavy atom. The van der Waals surface area contributed by atoms with E-state index in [1.54, 1.807) is 18.2 Å². The Bertz CT molecular complexity index is 1930. The Labute approximate surface area is 260 Å². The van der Waals surface area contributed by atoms with Crippen molar-refractivity contribution in [1.82, 2.24) is 4.57 Å². The zero-order valence-corrected chi connectivity index (χ0v) is 26.9. The summed E-state index contributed by atoms with van der Waals surface area (Å²) in [5, 5.41) is 6.80. The van der Waals surface area contributed by atoms with Crippen LogP contribution in [0.5, 0.6) is 0 Å². The Balaban J connectivity index is 1.42. The fraction of sp³-hybridized carbons (Fsp3) is 0.176. The van der Waals surface area contributed by atoms with E-state index in [0.717, 1.165) is 42.5 Å². The van der Waals surface area contributed by atoms with Gasteiger partial charge in [0.2, 0.25) is 0 Å². The molecule has 9 heteroatoms. The van der Waals surface area contributed by atoms with Gasteiger partial charge in [-0.15, -0.1) is 0 Å². The number of fused-ring (bicyclic) bond motifs is 3. The molecule has 0 bridgehead atoms. The molecule has 1 aliphatic rings. The number of hydrogen-bond acceptors (Lipinski definition) is 5. The smallest absolute Gasteiger partial charge is 0.318 e.